The highest BCUT2D eigenvalue weighted by molar-refractivity contribution is 5.56. The van der Waals surface area contributed by atoms with Crippen molar-refractivity contribution in [2.75, 3.05) is 18.0 Å². The molecule has 0 aliphatic heterocycles. The van der Waals surface area contributed by atoms with Gasteiger partial charge in [-0.15, -0.1) is 0 Å². The first-order chi connectivity index (χ1) is 8.86. The minimum absolute atomic E-state index is 0.782. The van der Waals surface area contributed by atoms with E-state index in [2.05, 4.69) is 38.8 Å². The SMILES string of the molecule is CCCN(CCC)c1cncnc1-n1cncn1. The van der Waals surface area contributed by atoms with Crippen LogP contribution in [0.25, 0.3) is 5.82 Å². The minimum atomic E-state index is 0.782. The van der Waals surface area contributed by atoms with Gasteiger partial charge in [-0.3, -0.25) is 0 Å². The van der Waals surface area contributed by atoms with E-state index in [0.29, 0.717) is 0 Å². The molecule has 2 rings (SSSR count). The van der Waals surface area contributed by atoms with E-state index in [1.807, 2.05) is 6.20 Å². The molecule has 0 bridgehead atoms. The third kappa shape index (κ3) is 2.64. The summed E-state index contributed by atoms with van der Waals surface area (Å²) in [6, 6.07) is 0. The highest BCUT2D eigenvalue weighted by atomic mass is 15.4. The van der Waals surface area contributed by atoms with Gasteiger partial charge in [0.15, 0.2) is 5.82 Å². The van der Waals surface area contributed by atoms with Gasteiger partial charge in [0.05, 0.1) is 6.20 Å². The van der Waals surface area contributed by atoms with Crippen molar-refractivity contribution in [3.63, 3.8) is 0 Å². The summed E-state index contributed by atoms with van der Waals surface area (Å²) >= 11 is 0. The van der Waals surface area contributed by atoms with Crippen LogP contribution in [0.2, 0.25) is 0 Å². The van der Waals surface area contributed by atoms with E-state index in [0.717, 1.165) is 37.4 Å². The van der Waals surface area contributed by atoms with Gasteiger partial charge in [0, 0.05) is 13.1 Å². The molecule has 0 saturated carbocycles. The van der Waals surface area contributed by atoms with Crippen LogP contribution >= 0.6 is 0 Å². The topological polar surface area (TPSA) is 59.7 Å². The average molecular weight is 246 g/mol. The molecule has 0 radical (unpaired) electrons. The smallest absolute Gasteiger partial charge is 0.181 e. The van der Waals surface area contributed by atoms with Crippen molar-refractivity contribution in [1.82, 2.24) is 24.7 Å². The number of hydrogen-bond acceptors (Lipinski definition) is 5. The summed E-state index contributed by atoms with van der Waals surface area (Å²) in [4.78, 5) is 14.7. The molecule has 2 aromatic rings. The summed E-state index contributed by atoms with van der Waals surface area (Å²) in [5.74, 6) is 0.782. The molecule has 2 heterocycles. The van der Waals surface area contributed by atoms with Crippen LogP contribution in [0, 0.1) is 0 Å². The van der Waals surface area contributed by atoms with E-state index in [9.17, 15) is 0 Å². The van der Waals surface area contributed by atoms with Gasteiger partial charge in [-0.25, -0.2) is 19.6 Å². The van der Waals surface area contributed by atoms with E-state index in [4.69, 9.17) is 0 Å². The molecule has 0 aromatic carbocycles. The second kappa shape index (κ2) is 6.09. The Morgan fingerprint density at radius 2 is 1.89 bits per heavy atom. The summed E-state index contributed by atoms with van der Waals surface area (Å²) < 4.78 is 1.68. The molecule has 0 saturated heterocycles. The van der Waals surface area contributed by atoms with Gasteiger partial charge in [0.25, 0.3) is 0 Å². The maximum Gasteiger partial charge on any atom is 0.181 e. The fraction of sp³-hybridized carbons (Fsp3) is 0.500. The quantitative estimate of drug-likeness (QED) is 0.776. The fourth-order valence-electron chi connectivity index (χ4n) is 1.93. The molecule has 6 heteroatoms. The maximum atomic E-state index is 4.31. The van der Waals surface area contributed by atoms with E-state index in [1.165, 1.54) is 12.7 Å². The van der Waals surface area contributed by atoms with Crippen molar-refractivity contribution >= 4 is 5.69 Å². The molecule has 0 N–H and O–H groups in total. The molecule has 96 valence electrons. The first-order valence-electron chi connectivity index (χ1n) is 6.26. The Hall–Kier alpha value is -1.98. The normalized spacial score (nSPS) is 10.6. The molecule has 6 nitrogen and oxygen atoms in total. The summed E-state index contributed by atoms with van der Waals surface area (Å²) in [7, 11) is 0. The zero-order valence-corrected chi connectivity index (χ0v) is 10.8. The number of rotatable bonds is 6. The molecular formula is C12H18N6. The van der Waals surface area contributed by atoms with Crippen LogP contribution in [0.1, 0.15) is 26.7 Å². The van der Waals surface area contributed by atoms with Crippen molar-refractivity contribution in [3.05, 3.63) is 25.2 Å². The Morgan fingerprint density at radius 3 is 2.50 bits per heavy atom. The molecule has 0 spiro atoms. The summed E-state index contributed by atoms with van der Waals surface area (Å²) in [6.07, 6.45) is 8.72. The third-order valence-corrected chi connectivity index (χ3v) is 2.64. The Kier molecular flexibility index (Phi) is 4.22. The van der Waals surface area contributed by atoms with Gasteiger partial charge in [-0.1, -0.05) is 13.8 Å². The molecule has 0 aliphatic rings. The number of anilines is 1. The number of nitrogens with zero attached hydrogens (tertiary/aromatic N) is 6. The third-order valence-electron chi connectivity index (χ3n) is 2.64. The maximum absolute atomic E-state index is 4.31. The van der Waals surface area contributed by atoms with Gasteiger partial charge in [0.1, 0.15) is 24.7 Å². The van der Waals surface area contributed by atoms with E-state index in [1.54, 1.807) is 11.0 Å². The fourth-order valence-corrected chi connectivity index (χ4v) is 1.93. The largest absolute Gasteiger partial charge is 0.367 e. The van der Waals surface area contributed by atoms with Crippen molar-refractivity contribution in [1.29, 1.82) is 0 Å². The first kappa shape index (κ1) is 12.5. The van der Waals surface area contributed by atoms with E-state index in [-0.39, 0.29) is 0 Å². The van der Waals surface area contributed by atoms with Gasteiger partial charge >= 0.3 is 0 Å². The Bertz CT molecular complexity index is 461. The highest BCUT2D eigenvalue weighted by Crippen LogP contribution is 2.20. The van der Waals surface area contributed by atoms with E-state index < -0.39 is 0 Å². The van der Waals surface area contributed by atoms with Crippen LogP contribution in [-0.2, 0) is 0 Å². The van der Waals surface area contributed by atoms with Crippen molar-refractivity contribution in [2.45, 2.75) is 26.7 Å². The summed E-state index contributed by atoms with van der Waals surface area (Å²) in [6.45, 7) is 6.31. The van der Waals surface area contributed by atoms with Crippen molar-refractivity contribution in [2.24, 2.45) is 0 Å². The summed E-state index contributed by atoms with van der Waals surface area (Å²) in [5.41, 5.74) is 1.01. The molecule has 0 amide bonds. The highest BCUT2D eigenvalue weighted by Gasteiger charge is 2.13. The lowest BCUT2D eigenvalue weighted by atomic mass is 10.3. The Labute approximate surface area is 107 Å². The van der Waals surface area contributed by atoms with Crippen LogP contribution in [0.15, 0.2) is 25.2 Å². The summed E-state index contributed by atoms with van der Waals surface area (Å²) in [5, 5.41) is 4.14. The van der Waals surface area contributed by atoms with Crippen LogP contribution in [-0.4, -0.2) is 37.8 Å². The lowest BCUT2D eigenvalue weighted by Gasteiger charge is -2.24. The lowest BCUT2D eigenvalue weighted by Crippen LogP contribution is -2.26. The first-order valence-corrected chi connectivity index (χ1v) is 6.26. The van der Waals surface area contributed by atoms with Crippen LogP contribution in [0.4, 0.5) is 5.69 Å². The van der Waals surface area contributed by atoms with Gasteiger partial charge < -0.3 is 4.90 Å². The van der Waals surface area contributed by atoms with Crippen LogP contribution in [0.3, 0.4) is 0 Å². The molecular weight excluding hydrogens is 228 g/mol. The minimum Gasteiger partial charge on any atom is -0.367 e. The Balaban J connectivity index is 2.36. The zero-order chi connectivity index (χ0) is 12.8. The molecule has 0 atom stereocenters. The second-order valence-corrected chi connectivity index (χ2v) is 4.06. The molecule has 0 fully saturated rings. The predicted molar refractivity (Wildman–Crippen MR) is 69.7 cm³/mol. The van der Waals surface area contributed by atoms with Crippen LogP contribution < -0.4 is 4.90 Å². The molecule has 2 aromatic heterocycles. The second-order valence-electron chi connectivity index (χ2n) is 4.06. The average Bonchev–Trinajstić information content (AvgIpc) is 2.92. The molecule has 0 aliphatic carbocycles. The monoisotopic (exact) mass is 246 g/mol. The van der Waals surface area contributed by atoms with Gasteiger partial charge in [0.2, 0.25) is 0 Å². The van der Waals surface area contributed by atoms with Crippen molar-refractivity contribution in [3.8, 4) is 5.82 Å². The standard InChI is InChI=1S/C12H18N6/c1-3-5-17(6-4-2)11-7-13-8-15-12(11)18-10-14-9-16-18/h7-10H,3-6H2,1-2H3. The molecule has 0 unspecified atom stereocenters. The van der Waals surface area contributed by atoms with Gasteiger partial charge in [-0.05, 0) is 12.8 Å². The Morgan fingerprint density at radius 1 is 1.11 bits per heavy atom. The zero-order valence-electron chi connectivity index (χ0n) is 10.8. The van der Waals surface area contributed by atoms with Crippen LogP contribution in [0.5, 0.6) is 0 Å². The van der Waals surface area contributed by atoms with E-state index >= 15 is 0 Å². The van der Waals surface area contributed by atoms with Gasteiger partial charge in [-0.2, -0.15) is 5.10 Å². The van der Waals surface area contributed by atoms with Crippen molar-refractivity contribution < 1.29 is 0 Å². The number of aromatic nitrogens is 5. The lowest BCUT2D eigenvalue weighted by molar-refractivity contribution is 0.728. The predicted octanol–water partition coefficient (Wildman–Crippen LogP) is 1.68. The molecule has 18 heavy (non-hydrogen) atoms. The number of hydrogen-bond donors (Lipinski definition) is 0.